The van der Waals surface area contributed by atoms with Crippen molar-refractivity contribution in [2.75, 3.05) is 13.1 Å². The highest BCUT2D eigenvalue weighted by molar-refractivity contribution is 7.09. The van der Waals surface area contributed by atoms with Crippen molar-refractivity contribution < 1.29 is 22.7 Å². The Balaban J connectivity index is 2.09. The number of carbonyl (C=O) groups excluding carboxylic acids is 1. The maximum Gasteiger partial charge on any atom is 0.406 e. The lowest BCUT2D eigenvalue weighted by Gasteiger charge is -2.22. The molecule has 8 heteroatoms. The first-order chi connectivity index (χ1) is 11.8. The number of hydrogen-bond donors (Lipinski definition) is 0. The van der Waals surface area contributed by atoms with E-state index in [0.717, 1.165) is 10.7 Å². The molecular weight excluding hydrogens is 353 g/mol. The molecule has 1 aromatic carbocycles. The van der Waals surface area contributed by atoms with Crippen molar-refractivity contribution in [3.8, 4) is 5.75 Å². The summed E-state index contributed by atoms with van der Waals surface area (Å²) in [5, 5.41) is 2.77. The third-order valence-corrected chi connectivity index (χ3v) is 3.96. The quantitative estimate of drug-likeness (QED) is 0.686. The third-order valence-electron chi connectivity index (χ3n) is 3.14. The van der Waals surface area contributed by atoms with Gasteiger partial charge in [-0.1, -0.05) is 12.1 Å². The number of carbonyl (C=O) groups is 1. The summed E-state index contributed by atoms with van der Waals surface area (Å²) in [5.41, 5.74) is 0.877. The van der Waals surface area contributed by atoms with Gasteiger partial charge in [0, 0.05) is 17.5 Å². The molecule has 1 amide bonds. The molecule has 25 heavy (non-hydrogen) atoms. The molecule has 1 heterocycles. The first kappa shape index (κ1) is 19.0. The van der Waals surface area contributed by atoms with Crippen molar-refractivity contribution in [3.05, 3.63) is 58.6 Å². The highest BCUT2D eigenvalue weighted by Gasteiger charge is 2.32. The van der Waals surface area contributed by atoms with Crippen LogP contribution in [-0.2, 0) is 6.61 Å². The molecule has 0 fully saturated rings. The van der Waals surface area contributed by atoms with Crippen LogP contribution in [0.1, 0.15) is 21.1 Å². The summed E-state index contributed by atoms with van der Waals surface area (Å²) < 4.78 is 43.5. The van der Waals surface area contributed by atoms with Gasteiger partial charge in [0.1, 0.15) is 18.9 Å². The Morgan fingerprint density at radius 3 is 2.80 bits per heavy atom. The molecule has 0 aliphatic carbocycles. The van der Waals surface area contributed by atoms with Gasteiger partial charge in [-0.05, 0) is 25.1 Å². The summed E-state index contributed by atoms with van der Waals surface area (Å²) in [6.45, 7) is 3.97. The smallest absolute Gasteiger partial charge is 0.406 e. The first-order valence-electron chi connectivity index (χ1n) is 7.39. The van der Waals surface area contributed by atoms with Crippen LogP contribution in [0, 0.1) is 6.92 Å². The summed E-state index contributed by atoms with van der Waals surface area (Å²) in [5.74, 6) is -0.339. The summed E-state index contributed by atoms with van der Waals surface area (Å²) in [4.78, 5) is 17.3. The third kappa shape index (κ3) is 5.90. The maximum absolute atomic E-state index is 12.6. The van der Waals surface area contributed by atoms with Gasteiger partial charge < -0.3 is 9.64 Å². The number of nitrogens with zero attached hydrogens (tertiary/aromatic N) is 2. The molecule has 2 aromatic rings. The van der Waals surface area contributed by atoms with Crippen molar-refractivity contribution in [1.29, 1.82) is 0 Å². The molecule has 0 saturated carbocycles. The average molecular weight is 370 g/mol. The fourth-order valence-corrected chi connectivity index (χ4v) is 2.72. The van der Waals surface area contributed by atoms with Gasteiger partial charge in [0.05, 0.1) is 10.7 Å². The molecule has 4 nitrogen and oxygen atoms in total. The molecule has 0 saturated heterocycles. The van der Waals surface area contributed by atoms with E-state index < -0.39 is 18.6 Å². The minimum atomic E-state index is -4.48. The molecule has 134 valence electrons. The Kier molecular flexibility index (Phi) is 6.19. The van der Waals surface area contributed by atoms with Gasteiger partial charge in [-0.2, -0.15) is 13.2 Å². The van der Waals surface area contributed by atoms with Gasteiger partial charge in [-0.15, -0.1) is 17.9 Å². The number of rotatable bonds is 7. The predicted molar refractivity (Wildman–Crippen MR) is 89.8 cm³/mol. The van der Waals surface area contributed by atoms with E-state index in [1.54, 1.807) is 12.1 Å². The van der Waals surface area contributed by atoms with E-state index in [-0.39, 0.29) is 18.7 Å². The number of aryl methyl sites for hydroxylation is 1. The van der Waals surface area contributed by atoms with Crippen LogP contribution in [0.5, 0.6) is 5.75 Å². The molecule has 0 aliphatic rings. The minimum Gasteiger partial charge on any atom is -0.487 e. The second-order valence-electron chi connectivity index (χ2n) is 5.26. The summed E-state index contributed by atoms with van der Waals surface area (Å²) >= 11 is 1.49. The zero-order chi connectivity index (χ0) is 18.4. The highest BCUT2D eigenvalue weighted by atomic mass is 32.1. The number of halogens is 3. The lowest BCUT2D eigenvalue weighted by Crippen LogP contribution is -2.39. The Morgan fingerprint density at radius 2 is 2.20 bits per heavy atom. The molecule has 1 aromatic heterocycles. The molecule has 0 radical (unpaired) electrons. The zero-order valence-electron chi connectivity index (χ0n) is 13.5. The van der Waals surface area contributed by atoms with Crippen molar-refractivity contribution >= 4 is 17.2 Å². The molecule has 0 unspecified atom stereocenters. The number of alkyl halides is 3. The topological polar surface area (TPSA) is 42.4 Å². The van der Waals surface area contributed by atoms with Crippen LogP contribution in [0.4, 0.5) is 13.2 Å². The fourth-order valence-electron chi connectivity index (χ4n) is 2.12. The zero-order valence-corrected chi connectivity index (χ0v) is 14.4. The van der Waals surface area contributed by atoms with Crippen LogP contribution >= 0.6 is 11.3 Å². The van der Waals surface area contributed by atoms with Crippen molar-refractivity contribution in [1.82, 2.24) is 9.88 Å². The number of aromatic nitrogens is 1. The van der Waals surface area contributed by atoms with Crippen LogP contribution in [0.3, 0.4) is 0 Å². The molecule has 0 bridgehead atoms. The number of ether oxygens (including phenoxy) is 1. The number of amides is 1. The van der Waals surface area contributed by atoms with Crippen molar-refractivity contribution in [3.63, 3.8) is 0 Å². The van der Waals surface area contributed by atoms with Crippen LogP contribution in [0.2, 0.25) is 0 Å². The van der Waals surface area contributed by atoms with E-state index in [2.05, 4.69) is 11.6 Å². The largest absolute Gasteiger partial charge is 0.487 e. The van der Waals surface area contributed by atoms with Gasteiger partial charge in [0.2, 0.25) is 0 Å². The summed E-state index contributed by atoms with van der Waals surface area (Å²) in [7, 11) is 0. The Morgan fingerprint density at radius 1 is 1.44 bits per heavy atom. The average Bonchev–Trinajstić information content (AvgIpc) is 2.96. The minimum absolute atomic E-state index is 0.123. The van der Waals surface area contributed by atoms with Gasteiger partial charge in [-0.25, -0.2) is 4.98 Å². The van der Waals surface area contributed by atoms with E-state index in [1.165, 1.54) is 29.5 Å². The van der Waals surface area contributed by atoms with Gasteiger partial charge in [0.25, 0.3) is 5.91 Å². The maximum atomic E-state index is 12.6. The van der Waals surface area contributed by atoms with Gasteiger partial charge >= 0.3 is 6.18 Å². The predicted octanol–water partition coefficient (Wildman–Crippen LogP) is 4.22. The van der Waals surface area contributed by atoms with E-state index in [0.29, 0.717) is 10.6 Å². The van der Waals surface area contributed by atoms with Gasteiger partial charge in [-0.3, -0.25) is 4.79 Å². The SMILES string of the molecule is C=CCN(CC(F)(F)F)C(=O)c1cccc(OCc2csc(C)n2)c1. The van der Waals surface area contributed by atoms with E-state index in [1.807, 2.05) is 12.3 Å². The van der Waals surface area contributed by atoms with E-state index >= 15 is 0 Å². The van der Waals surface area contributed by atoms with Crippen LogP contribution in [-0.4, -0.2) is 35.1 Å². The molecule has 0 N–H and O–H groups in total. The Bertz CT molecular complexity index is 743. The highest BCUT2D eigenvalue weighted by Crippen LogP contribution is 2.21. The lowest BCUT2D eigenvalue weighted by molar-refractivity contribution is -0.139. The van der Waals surface area contributed by atoms with E-state index in [9.17, 15) is 18.0 Å². The standard InChI is InChI=1S/C17H17F3N2O2S/c1-3-7-22(11-17(18,19)20)16(23)13-5-4-6-15(8-13)24-9-14-10-25-12(2)21-14/h3-6,8,10H,1,7,9,11H2,2H3. The van der Waals surface area contributed by atoms with Gasteiger partial charge in [0.15, 0.2) is 0 Å². The fraction of sp³-hybridized carbons (Fsp3) is 0.294. The Hall–Kier alpha value is -2.35. The van der Waals surface area contributed by atoms with Crippen LogP contribution in [0.25, 0.3) is 0 Å². The van der Waals surface area contributed by atoms with Crippen LogP contribution < -0.4 is 4.74 Å². The Labute approximate surface area is 147 Å². The molecule has 0 aliphatic heterocycles. The monoisotopic (exact) mass is 370 g/mol. The van der Waals surface area contributed by atoms with Crippen LogP contribution in [0.15, 0.2) is 42.3 Å². The van der Waals surface area contributed by atoms with Crippen molar-refractivity contribution in [2.45, 2.75) is 19.7 Å². The molecule has 0 atom stereocenters. The summed E-state index contributed by atoms with van der Waals surface area (Å²) in [6.07, 6.45) is -3.22. The normalized spacial score (nSPS) is 11.2. The number of hydrogen-bond acceptors (Lipinski definition) is 4. The lowest BCUT2D eigenvalue weighted by atomic mass is 10.2. The number of benzene rings is 1. The van der Waals surface area contributed by atoms with Crippen molar-refractivity contribution in [2.24, 2.45) is 0 Å². The summed E-state index contributed by atoms with van der Waals surface area (Å²) in [6, 6.07) is 6.08. The second kappa shape index (κ2) is 8.15. The second-order valence-corrected chi connectivity index (χ2v) is 6.33. The molecule has 2 rings (SSSR count). The van der Waals surface area contributed by atoms with E-state index in [4.69, 9.17) is 4.74 Å². The number of thiazole rings is 1. The first-order valence-corrected chi connectivity index (χ1v) is 8.27. The molecule has 0 spiro atoms. The molecular formula is C17H17F3N2O2S.